The first kappa shape index (κ1) is 22.7. The summed E-state index contributed by atoms with van der Waals surface area (Å²) in [5.41, 5.74) is 8.69. The lowest BCUT2D eigenvalue weighted by Gasteiger charge is -2.30. The van der Waals surface area contributed by atoms with Crippen LogP contribution >= 0.6 is 11.6 Å². The van der Waals surface area contributed by atoms with E-state index in [0.29, 0.717) is 27.4 Å². The minimum absolute atomic E-state index is 0.144. The Morgan fingerprint density at radius 1 is 1.06 bits per heavy atom. The smallest absolute Gasteiger partial charge is 0.324 e. The molecule has 5 aromatic rings. The van der Waals surface area contributed by atoms with Gasteiger partial charge in [-0.1, -0.05) is 66.2 Å². The van der Waals surface area contributed by atoms with Crippen molar-refractivity contribution in [3.63, 3.8) is 0 Å². The quantitative estimate of drug-likeness (QED) is 0.175. The Balaban J connectivity index is 1.57. The van der Waals surface area contributed by atoms with Crippen LogP contribution in [-0.4, -0.2) is 28.6 Å². The Kier molecular flexibility index (Phi) is 5.80. The lowest BCUT2D eigenvalue weighted by atomic mass is 9.85. The molecule has 0 spiro atoms. The molecule has 0 fully saturated rings. The second-order valence-corrected chi connectivity index (χ2v) is 8.54. The molecule has 0 saturated carbocycles. The Morgan fingerprint density at radius 3 is 2.57 bits per heavy atom. The van der Waals surface area contributed by atoms with Crippen LogP contribution in [0.4, 0.5) is 6.01 Å². The Morgan fingerprint density at radius 2 is 1.80 bits per heavy atom. The number of rotatable bonds is 6. The number of hydrogen-bond donors (Lipinski definition) is 2. The van der Waals surface area contributed by atoms with Crippen LogP contribution in [0.3, 0.4) is 0 Å². The number of nitrogens with one attached hydrogen (secondary N) is 1. The van der Waals surface area contributed by atoms with Crippen molar-refractivity contribution in [1.29, 1.82) is 5.41 Å². The largest absolute Gasteiger partial charge is 0.422 e. The van der Waals surface area contributed by atoms with Gasteiger partial charge < -0.3 is 20.3 Å². The number of amidine groups is 1. The van der Waals surface area contributed by atoms with Gasteiger partial charge in [0.25, 0.3) is 0 Å². The second kappa shape index (κ2) is 8.94. The maximum Gasteiger partial charge on any atom is 0.324 e. The molecule has 1 atom stereocenters. The minimum atomic E-state index is -1.10. The lowest BCUT2D eigenvalue weighted by Crippen LogP contribution is -2.36. The summed E-state index contributed by atoms with van der Waals surface area (Å²) in [7, 11) is 1.55. The summed E-state index contributed by atoms with van der Waals surface area (Å²) in [6.07, 6.45) is 1.58. The summed E-state index contributed by atoms with van der Waals surface area (Å²) in [5, 5.41) is 11.4. The van der Waals surface area contributed by atoms with E-state index in [2.05, 4.69) is 15.0 Å². The molecular formula is C27H22ClN5O2. The van der Waals surface area contributed by atoms with Crippen molar-refractivity contribution in [2.75, 3.05) is 7.11 Å². The molecule has 0 aliphatic heterocycles. The number of pyridine rings is 1. The number of benzene rings is 3. The zero-order valence-corrected chi connectivity index (χ0v) is 19.9. The molecule has 8 heteroatoms. The first-order valence-electron chi connectivity index (χ1n) is 10.9. The van der Waals surface area contributed by atoms with Crippen molar-refractivity contribution in [2.45, 2.75) is 12.5 Å². The van der Waals surface area contributed by atoms with Crippen molar-refractivity contribution in [1.82, 2.24) is 9.97 Å². The number of aliphatic imine (C=N–C) groups is 1. The SMILES string of the molecule is COC(C)(C(=N)c1ccccc1/C(N)=N/c1nc2c(ccc3ccccc32)o1)c1ccnc(Cl)c1. The van der Waals surface area contributed by atoms with E-state index >= 15 is 0 Å². The number of nitrogens with two attached hydrogens (primary N) is 1. The molecule has 2 heterocycles. The monoisotopic (exact) mass is 483 g/mol. The number of hydrogen-bond acceptors (Lipinski definition) is 6. The molecule has 0 bridgehead atoms. The molecule has 3 N–H and O–H groups in total. The van der Waals surface area contributed by atoms with Crippen molar-refractivity contribution in [3.05, 3.63) is 101 Å². The van der Waals surface area contributed by atoms with Gasteiger partial charge in [-0.25, -0.2) is 4.98 Å². The highest BCUT2D eigenvalue weighted by molar-refractivity contribution is 6.29. The van der Waals surface area contributed by atoms with Gasteiger partial charge in [0.1, 0.15) is 22.1 Å². The van der Waals surface area contributed by atoms with E-state index in [1.165, 1.54) is 0 Å². The fraction of sp³-hybridized carbons (Fsp3) is 0.111. The van der Waals surface area contributed by atoms with E-state index in [-0.39, 0.29) is 17.6 Å². The van der Waals surface area contributed by atoms with Gasteiger partial charge in [0, 0.05) is 29.8 Å². The van der Waals surface area contributed by atoms with Crippen LogP contribution in [0.25, 0.3) is 21.9 Å². The third-order valence-corrected chi connectivity index (χ3v) is 6.33. The molecule has 0 saturated heterocycles. The van der Waals surface area contributed by atoms with Crippen LogP contribution < -0.4 is 5.73 Å². The van der Waals surface area contributed by atoms with Crippen molar-refractivity contribution >= 4 is 51.0 Å². The highest BCUT2D eigenvalue weighted by Gasteiger charge is 2.34. The second-order valence-electron chi connectivity index (χ2n) is 8.15. The third-order valence-electron chi connectivity index (χ3n) is 6.12. The maximum absolute atomic E-state index is 9.05. The minimum Gasteiger partial charge on any atom is -0.422 e. The fourth-order valence-corrected chi connectivity index (χ4v) is 4.28. The first-order chi connectivity index (χ1) is 16.9. The van der Waals surface area contributed by atoms with Crippen LogP contribution in [0.5, 0.6) is 0 Å². The van der Waals surface area contributed by atoms with Gasteiger partial charge in [-0.2, -0.15) is 9.98 Å². The average molecular weight is 484 g/mol. The van der Waals surface area contributed by atoms with Gasteiger partial charge in [0.2, 0.25) is 0 Å². The standard InChI is InChI=1S/C27H22ClN5O2/c1-27(34-2,17-13-14-31-22(28)15-17)24(29)19-9-5-6-10-20(19)25(30)33-26-32-23-18-8-4-3-7-16(18)11-12-21(23)35-26/h3-15,29H,1-2H3,(H2,30,32,33). The maximum atomic E-state index is 9.05. The number of aromatic nitrogens is 2. The van der Waals surface area contributed by atoms with E-state index in [1.807, 2.05) is 48.5 Å². The molecule has 0 aliphatic carbocycles. The molecule has 3 aromatic carbocycles. The van der Waals surface area contributed by atoms with Crippen molar-refractivity contribution < 1.29 is 9.15 Å². The van der Waals surface area contributed by atoms with Crippen LogP contribution in [0, 0.1) is 5.41 Å². The van der Waals surface area contributed by atoms with Crippen LogP contribution in [0.1, 0.15) is 23.6 Å². The summed E-state index contributed by atoms with van der Waals surface area (Å²) in [6.45, 7) is 1.80. The van der Waals surface area contributed by atoms with Crippen molar-refractivity contribution in [2.24, 2.45) is 10.7 Å². The predicted molar refractivity (Wildman–Crippen MR) is 139 cm³/mol. The van der Waals surface area contributed by atoms with E-state index < -0.39 is 5.60 Å². The highest BCUT2D eigenvalue weighted by atomic mass is 35.5. The number of fused-ring (bicyclic) bond motifs is 3. The van der Waals surface area contributed by atoms with Gasteiger partial charge in [-0.3, -0.25) is 0 Å². The molecule has 1 unspecified atom stereocenters. The highest BCUT2D eigenvalue weighted by Crippen LogP contribution is 2.32. The molecule has 5 rings (SSSR count). The molecule has 0 radical (unpaired) electrons. The number of oxazole rings is 1. The Hall–Kier alpha value is -4.07. The Bertz CT molecular complexity index is 1610. The van der Waals surface area contributed by atoms with E-state index in [1.54, 1.807) is 44.5 Å². The van der Waals surface area contributed by atoms with E-state index in [4.69, 9.17) is 31.9 Å². The van der Waals surface area contributed by atoms with Gasteiger partial charge in [-0.05, 0) is 36.1 Å². The van der Waals surface area contributed by atoms with Gasteiger partial charge in [-0.15, -0.1) is 0 Å². The summed E-state index contributed by atoms with van der Waals surface area (Å²) < 4.78 is 11.7. The number of nitrogens with zero attached hydrogens (tertiary/aromatic N) is 3. The predicted octanol–water partition coefficient (Wildman–Crippen LogP) is 6.00. The topological polar surface area (TPSA) is 110 Å². The number of methoxy groups -OCH3 is 1. The Labute approximate surface area is 206 Å². The van der Waals surface area contributed by atoms with E-state index in [9.17, 15) is 0 Å². The fourth-order valence-electron chi connectivity index (χ4n) is 4.11. The lowest BCUT2D eigenvalue weighted by molar-refractivity contribution is 0.0641. The molecule has 0 aliphatic rings. The molecule has 2 aromatic heterocycles. The molecule has 35 heavy (non-hydrogen) atoms. The zero-order chi connectivity index (χ0) is 24.6. The average Bonchev–Trinajstić information content (AvgIpc) is 3.30. The van der Waals surface area contributed by atoms with Gasteiger partial charge in [0.15, 0.2) is 5.58 Å². The molecule has 174 valence electrons. The zero-order valence-electron chi connectivity index (χ0n) is 19.1. The molecule has 7 nitrogen and oxygen atoms in total. The summed E-state index contributed by atoms with van der Waals surface area (Å²) in [5.74, 6) is 0.174. The number of ether oxygens (including phenoxy) is 1. The van der Waals surface area contributed by atoms with Crippen LogP contribution in [0.2, 0.25) is 5.15 Å². The molecular weight excluding hydrogens is 462 g/mol. The summed E-state index contributed by atoms with van der Waals surface area (Å²) in [4.78, 5) is 13.1. The van der Waals surface area contributed by atoms with Crippen LogP contribution in [0.15, 0.2) is 88.4 Å². The summed E-state index contributed by atoms with van der Waals surface area (Å²) in [6, 6.07) is 22.7. The normalized spacial score (nSPS) is 13.7. The first-order valence-corrected chi connectivity index (χ1v) is 11.3. The van der Waals surface area contributed by atoms with Crippen molar-refractivity contribution in [3.8, 4) is 0 Å². The van der Waals surface area contributed by atoms with Gasteiger partial charge >= 0.3 is 6.01 Å². The third kappa shape index (κ3) is 4.05. The van der Waals surface area contributed by atoms with Gasteiger partial charge in [0.05, 0.1) is 5.71 Å². The van der Waals surface area contributed by atoms with E-state index in [0.717, 1.165) is 16.3 Å². The number of halogens is 1. The van der Waals surface area contributed by atoms with Crippen LogP contribution in [-0.2, 0) is 10.3 Å². The summed E-state index contributed by atoms with van der Waals surface area (Å²) >= 11 is 6.11. The molecule has 0 amide bonds.